The van der Waals surface area contributed by atoms with Crippen LogP contribution in [0, 0.1) is 0 Å². The molecule has 0 aromatic carbocycles. The molecule has 0 amide bonds. The highest BCUT2D eigenvalue weighted by atomic mass is 16.6. The van der Waals surface area contributed by atoms with Crippen LogP contribution in [-0.2, 0) is 23.8 Å². The lowest BCUT2D eigenvalue weighted by Crippen LogP contribution is -2.35. The Morgan fingerprint density at radius 1 is 0.760 bits per heavy atom. The standard InChI is InChI=1S/C18H34O7/c1-3-5-7-9-17(21)23-13-15(11-19)25-16(12-20)14-24-18(22)10-8-6-4-2/h15-16,19-20H,3-14H2,1-2H3. The van der Waals surface area contributed by atoms with Crippen LogP contribution in [0.5, 0.6) is 0 Å². The molecule has 0 rings (SSSR count). The maximum absolute atomic E-state index is 11.6. The molecular formula is C18H34O7. The van der Waals surface area contributed by atoms with Gasteiger partial charge in [-0.25, -0.2) is 0 Å². The van der Waals surface area contributed by atoms with Crippen molar-refractivity contribution in [2.24, 2.45) is 0 Å². The first-order valence-corrected chi connectivity index (χ1v) is 9.25. The van der Waals surface area contributed by atoms with Crippen molar-refractivity contribution in [1.29, 1.82) is 0 Å². The molecule has 148 valence electrons. The molecule has 2 N–H and O–H groups in total. The first kappa shape index (κ1) is 23.8. The van der Waals surface area contributed by atoms with Crippen molar-refractivity contribution in [1.82, 2.24) is 0 Å². The average Bonchev–Trinajstić information content (AvgIpc) is 2.61. The zero-order valence-electron chi connectivity index (χ0n) is 15.6. The number of esters is 2. The van der Waals surface area contributed by atoms with Gasteiger partial charge in [0.2, 0.25) is 0 Å². The molecule has 0 aliphatic carbocycles. The van der Waals surface area contributed by atoms with Gasteiger partial charge in [0.1, 0.15) is 25.4 Å². The molecule has 0 saturated carbocycles. The molecule has 25 heavy (non-hydrogen) atoms. The molecule has 0 radical (unpaired) electrons. The maximum Gasteiger partial charge on any atom is 0.305 e. The van der Waals surface area contributed by atoms with Crippen molar-refractivity contribution in [3.05, 3.63) is 0 Å². The van der Waals surface area contributed by atoms with Crippen LogP contribution >= 0.6 is 0 Å². The predicted octanol–water partition coefficient (Wildman–Crippen LogP) is 1.97. The van der Waals surface area contributed by atoms with Crippen LogP contribution in [0.3, 0.4) is 0 Å². The lowest BCUT2D eigenvalue weighted by Gasteiger charge is -2.22. The van der Waals surface area contributed by atoms with Crippen LogP contribution in [0.15, 0.2) is 0 Å². The van der Waals surface area contributed by atoms with E-state index in [9.17, 15) is 19.8 Å². The third-order valence-corrected chi connectivity index (χ3v) is 3.62. The Kier molecular flexibility index (Phi) is 15.5. The summed E-state index contributed by atoms with van der Waals surface area (Å²) >= 11 is 0. The molecule has 2 atom stereocenters. The van der Waals surface area contributed by atoms with Crippen molar-refractivity contribution < 1.29 is 34.0 Å². The fourth-order valence-electron chi connectivity index (χ4n) is 2.10. The predicted molar refractivity (Wildman–Crippen MR) is 93.0 cm³/mol. The molecule has 0 aromatic heterocycles. The third kappa shape index (κ3) is 13.8. The number of rotatable bonds is 16. The number of hydrogen-bond acceptors (Lipinski definition) is 7. The Morgan fingerprint density at radius 2 is 1.16 bits per heavy atom. The number of hydrogen-bond donors (Lipinski definition) is 2. The van der Waals surface area contributed by atoms with Gasteiger partial charge in [-0.15, -0.1) is 0 Å². The fraction of sp³-hybridized carbons (Fsp3) is 0.889. The summed E-state index contributed by atoms with van der Waals surface area (Å²) in [4.78, 5) is 23.1. The largest absolute Gasteiger partial charge is 0.463 e. The second-order valence-electron chi connectivity index (χ2n) is 6.03. The monoisotopic (exact) mass is 362 g/mol. The molecule has 7 heteroatoms. The zero-order valence-corrected chi connectivity index (χ0v) is 15.6. The second kappa shape index (κ2) is 16.3. The van der Waals surface area contributed by atoms with E-state index in [1.165, 1.54) is 0 Å². The van der Waals surface area contributed by atoms with Crippen LogP contribution in [0.4, 0.5) is 0 Å². The quantitative estimate of drug-likeness (QED) is 0.320. The Labute approximate surface area is 150 Å². The summed E-state index contributed by atoms with van der Waals surface area (Å²) < 4.78 is 15.6. The van der Waals surface area contributed by atoms with Crippen molar-refractivity contribution in [3.63, 3.8) is 0 Å². The molecule has 0 heterocycles. The lowest BCUT2D eigenvalue weighted by atomic mass is 10.2. The maximum atomic E-state index is 11.6. The van der Waals surface area contributed by atoms with Gasteiger partial charge < -0.3 is 24.4 Å². The minimum atomic E-state index is -0.758. The summed E-state index contributed by atoms with van der Waals surface area (Å²) in [6.45, 7) is 3.19. The molecule has 0 aliphatic rings. The summed E-state index contributed by atoms with van der Waals surface area (Å²) in [7, 11) is 0. The smallest absolute Gasteiger partial charge is 0.305 e. The molecular weight excluding hydrogens is 328 g/mol. The van der Waals surface area contributed by atoms with Gasteiger partial charge in [0.25, 0.3) is 0 Å². The minimum Gasteiger partial charge on any atom is -0.463 e. The summed E-state index contributed by atoms with van der Waals surface area (Å²) in [5.41, 5.74) is 0. The van der Waals surface area contributed by atoms with E-state index in [4.69, 9.17) is 14.2 Å². The molecule has 0 bridgehead atoms. The Balaban J connectivity index is 4.06. The van der Waals surface area contributed by atoms with Gasteiger partial charge in [-0.2, -0.15) is 0 Å². The van der Waals surface area contributed by atoms with Crippen LogP contribution < -0.4 is 0 Å². The summed E-state index contributed by atoms with van der Waals surface area (Å²) in [5, 5.41) is 18.6. The average molecular weight is 362 g/mol. The number of carbonyl (C=O) groups excluding carboxylic acids is 2. The van der Waals surface area contributed by atoms with E-state index < -0.39 is 12.2 Å². The summed E-state index contributed by atoms with van der Waals surface area (Å²) in [6, 6.07) is 0. The van der Waals surface area contributed by atoms with E-state index in [0.29, 0.717) is 12.8 Å². The molecule has 0 saturated heterocycles. The molecule has 7 nitrogen and oxygen atoms in total. The van der Waals surface area contributed by atoms with E-state index >= 15 is 0 Å². The minimum absolute atomic E-state index is 0.0948. The zero-order chi connectivity index (χ0) is 18.9. The van der Waals surface area contributed by atoms with Gasteiger partial charge in [0.15, 0.2) is 0 Å². The summed E-state index contributed by atoms with van der Waals surface area (Å²) in [5.74, 6) is -0.670. The van der Waals surface area contributed by atoms with Crippen molar-refractivity contribution in [3.8, 4) is 0 Å². The Hall–Kier alpha value is -1.18. The summed E-state index contributed by atoms with van der Waals surface area (Å²) in [6.07, 6.45) is 4.67. The van der Waals surface area contributed by atoms with Gasteiger partial charge in [-0.3, -0.25) is 9.59 Å². The number of unbranched alkanes of at least 4 members (excludes halogenated alkanes) is 4. The first-order chi connectivity index (χ1) is 12.1. The molecule has 2 unspecified atom stereocenters. The van der Waals surface area contributed by atoms with E-state index in [2.05, 4.69) is 0 Å². The van der Waals surface area contributed by atoms with Crippen LogP contribution in [-0.4, -0.2) is 60.8 Å². The van der Waals surface area contributed by atoms with Crippen LogP contribution in [0.2, 0.25) is 0 Å². The highest BCUT2D eigenvalue weighted by molar-refractivity contribution is 5.69. The second-order valence-corrected chi connectivity index (χ2v) is 6.03. The van der Waals surface area contributed by atoms with Gasteiger partial charge >= 0.3 is 11.9 Å². The van der Waals surface area contributed by atoms with E-state index in [1.807, 2.05) is 13.8 Å². The number of aliphatic hydroxyl groups excluding tert-OH is 2. The third-order valence-electron chi connectivity index (χ3n) is 3.62. The highest BCUT2D eigenvalue weighted by Gasteiger charge is 2.19. The van der Waals surface area contributed by atoms with Crippen molar-refractivity contribution in [2.45, 2.75) is 77.4 Å². The van der Waals surface area contributed by atoms with Gasteiger partial charge in [-0.1, -0.05) is 39.5 Å². The Bertz CT molecular complexity index is 314. The van der Waals surface area contributed by atoms with Gasteiger partial charge in [-0.05, 0) is 12.8 Å². The van der Waals surface area contributed by atoms with Crippen LogP contribution in [0.25, 0.3) is 0 Å². The number of carbonyl (C=O) groups is 2. The molecule has 0 aliphatic heterocycles. The molecule has 0 aromatic rings. The lowest BCUT2D eigenvalue weighted by molar-refractivity contribution is -0.160. The normalized spacial score (nSPS) is 13.3. The van der Waals surface area contributed by atoms with Gasteiger partial charge in [0.05, 0.1) is 13.2 Å². The molecule has 0 spiro atoms. The SMILES string of the molecule is CCCCCC(=O)OCC(CO)OC(CO)COC(=O)CCCCC. The fourth-order valence-corrected chi connectivity index (χ4v) is 2.10. The first-order valence-electron chi connectivity index (χ1n) is 9.25. The van der Waals surface area contributed by atoms with E-state index in [0.717, 1.165) is 38.5 Å². The van der Waals surface area contributed by atoms with Crippen molar-refractivity contribution >= 4 is 11.9 Å². The highest BCUT2D eigenvalue weighted by Crippen LogP contribution is 2.06. The topological polar surface area (TPSA) is 102 Å². The molecule has 0 fully saturated rings. The number of aliphatic hydroxyl groups is 2. The van der Waals surface area contributed by atoms with Gasteiger partial charge in [0, 0.05) is 12.8 Å². The Morgan fingerprint density at radius 3 is 1.48 bits per heavy atom. The number of ether oxygens (including phenoxy) is 3. The van der Waals surface area contributed by atoms with E-state index in [-0.39, 0.29) is 38.4 Å². The van der Waals surface area contributed by atoms with Crippen LogP contribution in [0.1, 0.15) is 65.2 Å². The van der Waals surface area contributed by atoms with E-state index in [1.54, 1.807) is 0 Å². The van der Waals surface area contributed by atoms with Crippen molar-refractivity contribution in [2.75, 3.05) is 26.4 Å².